The van der Waals surface area contributed by atoms with E-state index in [1.54, 1.807) is 18.3 Å². The first kappa shape index (κ1) is 21.0. The Balaban J connectivity index is 1.73. The first-order valence-electron chi connectivity index (χ1n) is 8.96. The highest BCUT2D eigenvalue weighted by Gasteiger charge is 2.18. The number of carbonyl (C=O) groups is 1. The van der Waals surface area contributed by atoms with Crippen molar-refractivity contribution in [3.63, 3.8) is 0 Å². The highest BCUT2D eigenvalue weighted by atomic mass is 32.2. The van der Waals surface area contributed by atoms with Crippen molar-refractivity contribution in [2.75, 3.05) is 6.54 Å². The third kappa shape index (κ3) is 5.19. The number of rotatable bonds is 6. The van der Waals surface area contributed by atoms with Crippen molar-refractivity contribution in [3.05, 3.63) is 88.6 Å². The van der Waals surface area contributed by atoms with Crippen LogP contribution in [-0.4, -0.2) is 22.5 Å². The predicted octanol–water partition coefficient (Wildman–Crippen LogP) is 4.59. The Morgan fingerprint density at radius 2 is 1.97 bits per heavy atom. The molecule has 2 N–H and O–H groups in total. The summed E-state index contributed by atoms with van der Waals surface area (Å²) in [5.74, 6) is -2.03. The normalized spacial score (nSPS) is 11.9. The average molecular weight is 414 g/mol. The van der Waals surface area contributed by atoms with Gasteiger partial charge in [0.2, 0.25) is 0 Å². The quantitative estimate of drug-likeness (QED) is 0.619. The monoisotopic (exact) mass is 414 g/mol. The van der Waals surface area contributed by atoms with E-state index in [2.05, 4.69) is 16.4 Å². The fourth-order valence-electron chi connectivity index (χ4n) is 2.83. The second kappa shape index (κ2) is 9.15. The van der Waals surface area contributed by atoms with E-state index in [-0.39, 0.29) is 12.1 Å². The van der Waals surface area contributed by atoms with E-state index in [1.165, 1.54) is 11.8 Å². The molecule has 1 unspecified atom stereocenters. The molecule has 0 bridgehead atoms. The molecular formula is C22H20F2N2O2S. The standard InChI is InChI=1S/C22H20F2N2O2S/c1-13-5-8-20(14(2)10-13)29-22-17(4-3-9-25-22)21(28)26-12-19(27)16-7-6-15(23)11-18(16)24/h3-11,19,27H,12H2,1-2H3,(H,26,28). The predicted molar refractivity (Wildman–Crippen MR) is 108 cm³/mol. The number of pyridine rings is 1. The average Bonchev–Trinajstić information content (AvgIpc) is 2.68. The fraction of sp³-hybridized carbons (Fsp3) is 0.182. The molecule has 1 aromatic heterocycles. The molecule has 0 aliphatic carbocycles. The molecule has 7 heteroatoms. The number of hydrogen-bond donors (Lipinski definition) is 2. The molecule has 0 aliphatic rings. The molecule has 1 atom stereocenters. The van der Waals surface area contributed by atoms with E-state index in [1.807, 2.05) is 26.0 Å². The molecule has 0 saturated heterocycles. The number of aliphatic hydroxyl groups excluding tert-OH is 1. The second-order valence-electron chi connectivity index (χ2n) is 6.62. The highest BCUT2D eigenvalue weighted by molar-refractivity contribution is 7.99. The minimum atomic E-state index is -1.30. The lowest BCUT2D eigenvalue weighted by molar-refractivity contribution is 0.0910. The number of carbonyl (C=O) groups excluding carboxylic acids is 1. The maximum atomic E-state index is 13.8. The lowest BCUT2D eigenvalue weighted by atomic mass is 10.1. The first-order chi connectivity index (χ1) is 13.8. The SMILES string of the molecule is Cc1ccc(Sc2ncccc2C(=O)NCC(O)c2ccc(F)cc2F)c(C)c1. The summed E-state index contributed by atoms with van der Waals surface area (Å²) in [5.41, 5.74) is 2.49. The summed E-state index contributed by atoms with van der Waals surface area (Å²) < 4.78 is 26.8. The van der Waals surface area contributed by atoms with Crippen LogP contribution in [0.1, 0.15) is 33.2 Å². The molecule has 2 aromatic carbocycles. The summed E-state index contributed by atoms with van der Waals surface area (Å²) in [6.45, 7) is 3.78. The summed E-state index contributed by atoms with van der Waals surface area (Å²) in [5, 5.41) is 13.3. The zero-order valence-electron chi connectivity index (χ0n) is 15.9. The van der Waals surface area contributed by atoms with Gasteiger partial charge in [-0.15, -0.1) is 0 Å². The third-order valence-corrected chi connectivity index (χ3v) is 5.53. The molecule has 29 heavy (non-hydrogen) atoms. The third-order valence-electron chi connectivity index (χ3n) is 4.33. The molecule has 1 heterocycles. The van der Waals surface area contributed by atoms with Crippen molar-refractivity contribution in [3.8, 4) is 0 Å². The van der Waals surface area contributed by atoms with Gasteiger partial charge in [-0.2, -0.15) is 0 Å². The number of aromatic nitrogens is 1. The van der Waals surface area contributed by atoms with Crippen LogP contribution >= 0.6 is 11.8 Å². The van der Waals surface area contributed by atoms with Crippen LogP contribution in [0.15, 0.2) is 64.6 Å². The Hall–Kier alpha value is -2.77. The Morgan fingerprint density at radius 1 is 1.17 bits per heavy atom. The summed E-state index contributed by atoms with van der Waals surface area (Å²) in [7, 11) is 0. The topological polar surface area (TPSA) is 62.2 Å². The van der Waals surface area contributed by atoms with Crippen LogP contribution in [-0.2, 0) is 0 Å². The molecule has 0 spiro atoms. The number of nitrogens with one attached hydrogen (secondary N) is 1. The number of aliphatic hydroxyl groups is 1. The number of aryl methyl sites for hydroxylation is 2. The van der Waals surface area contributed by atoms with Crippen LogP contribution in [0.3, 0.4) is 0 Å². The first-order valence-corrected chi connectivity index (χ1v) is 9.78. The number of benzene rings is 2. The van der Waals surface area contributed by atoms with E-state index >= 15 is 0 Å². The van der Waals surface area contributed by atoms with Crippen molar-refractivity contribution >= 4 is 17.7 Å². The van der Waals surface area contributed by atoms with Crippen molar-refractivity contribution in [2.45, 2.75) is 29.9 Å². The van der Waals surface area contributed by atoms with Gasteiger partial charge in [0.05, 0.1) is 11.7 Å². The summed E-state index contributed by atoms with van der Waals surface area (Å²) in [4.78, 5) is 17.9. The van der Waals surface area contributed by atoms with Crippen LogP contribution in [0.5, 0.6) is 0 Å². The number of nitrogens with zero attached hydrogens (tertiary/aromatic N) is 1. The fourth-order valence-corrected chi connectivity index (χ4v) is 3.78. The van der Waals surface area contributed by atoms with Gasteiger partial charge in [0.25, 0.3) is 5.91 Å². The molecule has 150 valence electrons. The van der Waals surface area contributed by atoms with E-state index in [0.29, 0.717) is 16.7 Å². The second-order valence-corrected chi connectivity index (χ2v) is 7.65. The molecule has 0 aliphatic heterocycles. The van der Waals surface area contributed by atoms with Gasteiger partial charge in [0.15, 0.2) is 0 Å². The van der Waals surface area contributed by atoms with Gasteiger partial charge < -0.3 is 10.4 Å². The summed E-state index contributed by atoms with van der Waals surface area (Å²) in [6, 6.07) is 12.2. The summed E-state index contributed by atoms with van der Waals surface area (Å²) >= 11 is 1.38. The van der Waals surface area contributed by atoms with Gasteiger partial charge >= 0.3 is 0 Å². The van der Waals surface area contributed by atoms with Crippen molar-refractivity contribution in [1.29, 1.82) is 0 Å². The van der Waals surface area contributed by atoms with E-state index in [4.69, 9.17) is 0 Å². The van der Waals surface area contributed by atoms with Crippen LogP contribution in [0.2, 0.25) is 0 Å². The van der Waals surface area contributed by atoms with Gasteiger partial charge in [0, 0.05) is 29.3 Å². The molecule has 4 nitrogen and oxygen atoms in total. The lowest BCUT2D eigenvalue weighted by Gasteiger charge is -2.14. The Kier molecular flexibility index (Phi) is 6.61. The van der Waals surface area contributed by atoms with Gasteiger partial charge in [-0.05, 0) is 43.7 Å². The molecular weight excluding hydrogens is 394 g/mol. The van der Waals surface area contributed by atoms with Crippen LogP contribution in [0, 0.1) is 25.5 Å². The van der Waals surface area contributed by atoms with Crippen molar-refractivity contribution in [2.24, 2.45) is 0 Å². The zero-order valence-corrected chi connectivity index (χ0v) is 16.8. The van der Waals surface area contributed by atoms with E-state index in [0.717, 1.165) is 28.2 Å². The maximum Gasteiger partial charge on any atom is 0.254 e. The van der Waals surface area contributed by atoms with Crippen LogP contribution in [0.4, 0.5) is 8.78 Å². The molecule has 0 saturated carbocycles. The number of hydrogen-bond acceptors (Lipinski definition) is 4. The Labute approximate surface area is 172 Å². The maximum absolute atomic E-state index is 13.8. The highest BCUT2D eigenvalue weighted by Crippen LogP contribution is 2.31. The smallest absolute Gasteiger partial charge is 0.254 e. The van der Waals surface area contributed by atoms with E-state index < -0.39 is 23.6 Å². The van der Waals surface area contributed by atoms with Gasteiger partial charge in [-0.1, -0.05) is 35.5 Å². The molecule has 0 fully saturated rings. The Bertz CT molecular complexity index is 1040. The van der Waals surface area contributed by atoms with Crippen molar-refractivity contribution in [1.82, 2.24) is 10.3 Å². The van der Waals surface area contributed by atoms with Gasteiger partial charge in [-0.3, -0.25) is 4.79 Å². The molecule has 1 amide bonds. The van der Waals surface area contributed by atoms with Crippen molar-refractivity contribution < 1.29 is 18.7 Å². The lowest BCUT2D eigenvalue weighted by Crippen LogP contribution is -2.29. The molecule has 3 aromatic rings. The molecule has 3 rings (SSSR count). The van der Waals surface area contributed by atoms with Crippen LogP contribution < -0.4 is 5.32 Å². The minimum Gasteiger partial charge on any atom is -0.386 e. The Morgan fingerprint density at radius 3 is 2.69 bits per heavy atom. The van der Waals surface area contributed by atoms with Crippen LogP contribution in [0.25, 0.3) is 0 Å². The minimum absolute atomic E-state index is 0.0808. The van der Waals surface area contributed by atoms with Gasteiger partial charge in [-0.25, -0.2) is 13.8 Å². The van der Waals surface area contributed by atoms with E-state index in [9.17, 15) is 18.7 Å². The number of amides is 1. The summed E-state index contributed by atoms with van der Waals surface area (Å²) in [6.07, 6.45) is 0.303. The largest absolute Gasteiger partial charge is 0.386 e. The van der Waals surface area contributed by atoms with Gasteiger partial charge in [0.1, 0.15) is 16.7 Å². The number of halogens is 2. The zero-order chi connectivity index (χ0) is 21.0. The molecule has 0 radical (unpaired) electrons.